The molecule has 0 radical (unpaired) electrons. The number of nitrogens with one attached hydrogen (secondary N) is 1. The van der Waals surface area contributed by atoms with Gasteiger partial charge in [0, 0.05) is 35.8 Å². The van der Waals surface area contributed by atoms with E-state index in [1.807, 2.05) is 49.1 Å². The Labute approximate surface area is 144 Å². The molecule has 0 saturated heterocycles. The molecule has 0 bridgehead atoms. The standard InChI is InChI=1S/C17H18N4O2S/c1-11-15(12(2)23-20-11)10-19-16(22)13-5-4-6-14(9-13)21-8-7-18-17(21)24-3/h4-9H,10H2,1-3H3,(H,19,22). The van der Waals surface area contributed by atoms with Crippen molar-refractivity contribution in [3.8, 4) is 5.69 Å². The van der Waals surface area contributed by atoms with E-state index in [2.05, 4.69) is 15.5 Å². The number of imidazole rings is 1. The predicted molar refractivity (Wildman–Crippen MR) is 92.5 cm³/mol. The summed E-state index contributed by atoms with van der Waals surface area (Å²) in [5, 5.41) is 7.69. The third kappa shape index (κ3) is 3.21. The lowest BCUT2D eigenvalue weighted by Crippen LogP contribution is -2.23. The van der Waals surface area contributed by atoms with Crippen molar-refractivity contribution in [1.82, 2.24) is 20.0 Å². The molecular weight excluding hydrogens is 324 g/mol. The fraction of sp³-hybridized carbons (Fsp3) is 0.235. The molecular formula is C17H18N4O2S. The first-order valence-electron chi connectivity index (χ1n) is 7.48. The van der Waals surface area contributed by atoms with Crippen LogP contribution in [0.5, 0.6) is 0 Å². The van der Waals surface area contributed by atoms with Crippen LogP contribution in [0, 0.1) is 13.8 Å². The van der Waals surface area contributed by atoms with Gasteiger partial charge >= 0.3 is 0 Å². The molecule has 0 saturated carbocycles. The van der Waals surface area contributed by atoms with E-state index in [4.69, 9.17) is 4.52 Å². The van der Waals surface area contributed by atoms with E-state index in [0.717, 1.165) is 27.9 Å². The molecule has 0 atom stereocenters. The van der Waals surface area contributed by atoms with Crippen molar-refractivity contribution in [1.29, 1.82) is 0 Å². The molecule has 124 valence electrons. The van der Waals surface area contributed by atoms with Crippen LogP contribution < -0.4 is 5.32 Å². The summed E-state index contributed by atoms with van der Waals surface area (Å²) in [5.74, 6) is 0.590. The van der Waals surface area contributed by atoms with Gasteiger partial charge in [0.25, 0.3) is 5.91 Å². The predicted octanol–water partition coefficient (Wildman–Crippen LogP) is 3.13. The van der Waals surface area contributed by atoms with Gasteiger partial charge in [0.05, 0.1) is 5.69 Å². The zero-order chi connectivity index (χ0) is 17.1. The van der Waals surface area contributed by atoms with E-state index in [1.165, 1.54) is 0 Å². The Balaban J connectivity index is 1.77. The molecule has 6 nitrogen and oxygen atoms in total. The number of carbonyl (C=O) groups excluding carboxylic acids is 1. The monoisotopic (exact) mass is 342 g/mol. The maximum atomic E-state index is 12.4. The Hall–Kier alpha value is -2.54. The van der Waals surface area contributed by atoms with Crippen LogP contribution in [0.2, 0.25) is 0 Å². The zero-order valence-corrected chi connectivity index (χ0v) is 14.6. The highest BCUT2D eigenvalue weighted by Gasteiger charge is 2.12. The molecule has 2 aromatic heterocycles. The number of hydrogen-bond acceptors (Lipinski definition) is 5. The molecule has 0 aliphatic heterocycles. The Bertz CT molecular complexity index is 850. The topological polar surface area (TPSA) is 73.0 Å². The van der Waals surface area contributed by atoms with E-state index >= 15 is 0 Å². The molecule has 1 amide bonds. The quantitative estimate of drug-likeness (QED) is 0.721. The smallest absolute Gasteiger partial charge is 0.251 e. The number of nitrogens with zero attached hydrogens (tertiary/aromatic N) is 3. The number of aryl methyl sites for hydroxylation is 2. The fourth-order valence-electron chi connectivity index (χ4n) is 2.46. The lowest BCUT2D eigenvalue weighted by molar-refractivity contribution is 0.0950. The number of benzene rings is 1. The molecule has 0 spiro atoms. The third-order valence-electron chi connectivity index (χ3n) is 3.78. The van der Waals surface area contributed by atoms with Gasteiger partial charge in [0.15, 0.2) is 5.16 Å². The van der Waals surface area contributed by atoms with Crippen molar-refractivity contribution in [2.45, 2.75) is 25.5 Å². The largest absolute Gasteiger partial charge is 0.361 e. The van der Waals surface area contributed by atoms with Crippen LogP contribution in [0.4, 0.5) is 0 Å². The summed E-state index contributed by atoms with van der Waals surface area (Å²) < 4.78 is 7.07. The van der Waals surface area contributed by atoms with Crippen LogP contribution in [-0.4, -0.2) is 26.9 Å². The van der Waals surface area contributed by atoms with Crippen LogP contribution >= 0.6 is 11.8 Å². The molecule has 3 rings (SSSR count). The molecule has 7 heteroatoms. The first kappa shape index (κ1) is 16.3. The summed E-state index contributed by atoms with van der Waals surface area (Å²) >= 11 is 1.56. The van der Waals surface area contributed by atoms with E-state index in [-0.39, 0.29) is 5.91 Å². The molecule has 24 heavy (non-hydrogen) atoms. The number of rotatable bonds is 5. The molecule has 0 aliphatic rings. The molecule has 1 N–H and O–H groups in total. The maximum Gasteiger partial charge on any atom is 0.251 e. The first-order chi connectivity index (χ1) is 11.6. The minimum atomic E-state index is -0.136. The van der Waals surface area contributed by atoms with Gasteiger partial charge in [-0.25, -0.2) is 4.98 Å². The average molecular weight is 342 g/mol. The summed E-state index contributed by atoms with van der Waals surface area (Å²) in [6.45, 7) is 4.10. The van der Waals surface area contributed by atoms with Gasteiger partial charge in [0.1, 0.15) is 5.76 Å². The van der Waals surface area contributed by atoms with E-state index in [0.29, 0.717) is 12.1 Å². The highest BCUT2D eigenvalue weighted by atomic mass is 32.2. The van der Waals surface area contributed by atoms with Crippen molar-refractivity contribution in [2.24, 2.45) is 0 Å². The van der Waals surface area contributed by atoms with Gasteiger partial charge in [0.2, 0.25) is 0 Å². The fourth-order valence-corrected chi connectivity index (χ4v) is 2.99. The number of amides is 1. The van der Waals surface area contributed by atoms with Crippen LogP contribution in [-0.2, 0) is 6.54 Å². The van der Waals surface area contributed by atoms with Gasteiger partial charge in [-0.1, -0.05) is 23.0 Å². The molecule has 3 aromatic rings. The summed E-state index contributed by atoms with van der Waals surface area (Å²) in [6, 6.07) is 7.46. The van der Waals surface area contributed by atoms with Gasteiger partial charge in [-0.3, -0.25) is 9.36 Å². The molecule has 0 aliphatic carbocycles. The Morgan fingerprint density at radius 3 is 2.92 bits per heavy atom. The van der Waals surface area contributed by atoms with Crippen molar-refractivity contribution in [2.75, 3.05) is 6.26 Å². The zero-order valence-electron chi connectivity index (χ0n) is 13.7. The second-order valence-corrected chi connectivity index (χ2v) is 6.09. The van der Waals surface area contributed by atoms with Gasteiger partial charge < -0.3 is 9.84 Å². The normalized spacial score (nSPS) is 10.8. The van der Waals surface area contributed by atoms with E-state index in [1.54, 1.807) is 24.0 Å². The third-order valence-corrected chi connectivity index (χ3v) is 4.45. The summed E-state index contributed by atoms with van der Waals surface area (Å²) in [5.41, 5.74) is 3.21. The van der Waals surface area contributed by atoms with Crippen LogP contribution in [0.15, 0.2) is 46.3 Å². The second-order valence-electron chi connectivity index (χ2n) is 5.32. The number of aromatic nitrogens is 3. The summed E-state index contributed by atoms with van der Waals surface area (Å²) in [4.78, 5) is 16.7. The summed E-state index contributed by atoms with van der Waals surface area (Å²) in [6.07, 6.45) is 5.60. The van der Waals surface area contributed by atoms with E-state index < -0.39 is 0 Å². The minimum absolute atomic E-state index is 0.136. The van der Waals surface area contributed by atoms with Crippen molar-refractivity contribution in [3.05, 3.63) is 59.2 Å². The van der Waals surface area contributed by atoms with Crippen LogP contribution in [0.25, 0.3) is 5.69 Å². The highest BCUT2D eigenvalue weighted by molar-refractivity contribution is 7.98. The second kappa shape index (κ2) is 6.92. The lowest BCUT2D eigenvalue weighted by Gasteiger charge is -2.09. The van der Waals surface area contributed by atoms with Gasteiger partial charge in [-0.2, -0.15) is 0 Å². The van der Waals surface area contributed by atoms with Crippen molar-refractivity contribution >= 4 is 17.7 Å². The molecule has 0 fully saturated rings. The molecule has 2 heterocycles. The van der Waals surface area contributed by atoms with Crippen LogP contribution in [0.3, 0.4) is 0 Å². The molecule has 0 unspecified atom stereocenters. The van der Waals surface area contributed by atoms with Gasteiger partial charge in [-0.05, 0) is 38.3 Å². The van der Waals surface area contributed by atoms with Crippen molar-refractivity contribution < 1.29 is 9.32 Å². The Kier molecular flexibility index (Phi) is 4.71. The van der Waals surface area contributed by atoms with E-state index in [9.17, 15) is 4.79 Å². The SMILES string of the molecule is CSc1nccn1-c1cccc(C(=O)NCc2c(C)noc2C)c1. The van der Waals surface area contributed by atoms with Crippen molar-refractivity contribution in [3.63, 3.8) is 0 Å². The number of hydrogen-bond donors (Lipinski definition) is 1. The molecule has 1 aromatic carbocycles. The Morgan fingerprint density at radius 2 is 2.21 bits per heavy atom. The first-order valence-corrected chi connectivity index (χ1v) is 8.70. The minimum Gasteiger partial charge on any atom is -0.361 e. The van der Waals surface area contributed by atoms with Gasteiger partial charge in [-0.15, -0.1) is 0 Å². The van der Waals surface area contributed by atoms with Crippen LogP contribution in [0.1, 0.15) is 27.4 Å². The number of thioether (sulfide) groups is 1. The summed E-state index contributed by atoms with van der Waals surface area (Å²) in [7, 11) is 0. The maximum absolute atomic E-state index is 12.4. The lowest BCUT2D eigenvalue weighted by atomic mass is 10.1. The average Bonchev–Trinajstić information content (AvgIpc) is 3.20. The Morgan fingerprint density at radius 1 is 1.38 bits per heavy atom. The highest BCUT2D eigenvalue weighted by Crippen LogP contribution is 2.19. The number of carbonyl (C=O) groups is 1.